The molecular weight excluding hydrogens is 358 g/mol. The van der Waals surface area contributed by atoms with Crippen molar-refractivity contribution in [3.63, 3.8) is 0 Å². The van der Waals surface area contributed by atoms with Crippen molar-refractivity contribution in [2.45, 2.75) is 58.9 Å². The minimum atomic E-state index is 0.321. The van der Waals surface area contributed by atoms with Crippen molar-refractivity contribution >= 4 is 11.2 Å². The fourth-order valence-corrected chi connectivity index (χ4v) is 4.53. The number of nitrogens with zero attached hydrogens (tertiary/aromatic N) is 4. The lowest BCUT2D eigenvalue weighted by atomic mass is 9.96. The number of aryl methyl sites for hydroxylation is 2. The van der Waals surface area contributed by atoms with Crippen LogP contribution in [-0.4, -0.2) is 24.7 Å². The standard InChI is InChI=1S/C24H27N5/c1-15(2)29-16(3)21(14-26-29)23-27-22-20(11-12-25-24(22)28-23)19-10-9-17-7-5-4-6-8-18(17)13-19/h9-15H,4-8H2,1-3H3,(H,25,27,28). The van der Waals surface area contributed by atoms with E-state index in [1.165, 1.54) is 48.8 Å². The van der Waals surface area contributed by atoms with Crippen LogP contribution in [0.4, 0.5) is 0 Å². The van der Waals surface area contributed by atoms with Crippen molar-refractivity contribution in [3.8, 4) is 22.5 Å². The normalized spacial score (nSPS) is 14.3. The molecule has 0 spiro atoms. The van der Waals surface area contributed by atoms with Crippen LogP contribution in [0.1, 0.15) is 56.0 Å². The van der Waals surface area contributed by atoms with Crippen LogP contribution in [0.25, 0.3) is 33.7 Å². The van der Waals surface area contributed by atoms with Crippen molar-refractivity contribution in [3.05, 3.63) is 53.5 Å². The number of nitrogens with one attached hydrogen (secondary N) is 1. The molecule has 1 aliphatic rings. The van der Waals surface area contributed by atoms with Crippen LogP contribution in [0.15, 0.2) is 36.7 Å². The van der Waals surface area contributed by atoms with Gasteiger partial charge in [0, 0.05) is 23.5 Å². The van der Waals surface area contributed by atoms with Crippen molar-refractivity contribution in [2.75, 3.05) is 0 Å². The Kier molecular flexibility index (Phi) is 4.46. The number of hydrogen-bond acceptors (Lipinski definition) is 3. The van der Waals surface area contributed by atoms with Crippen LogP contribution in [0.3, 0.4) is 0 Å². The highest BCUT2D eigenvalue weighted by molar-refractivity contribution is 5.91. The van der Waals surface area contributed by atoms with Gasteiger partial charge in [-0.25, -0.2) is 9.97 Å². The zero-order chi connectivity index (χ0) is 20.0. The predicted octanol–water partition coefficient (Wildman–Crippen LogP) is 5.65. The van der Waals surface area contributed by atoms with Gasteiger partial charge in [0.05, 0.1) is 17.3 Å². The zero-order valence-electron chi connectivity index (χ0n) is 17.4. The molecule has 5 nitrogen and oxygen atoms in total. The summed E-state index contributed by atoms with van der Waals surface area (Å²) >= 11 is 0. The zero-order valence-corrected chi connectivity index (χ0v) is 17.4. The number of aromatic amines is 1. The van der Waals surface area contributed by atoms with E-state index in [0.717, 1.165) is 33.8 Å². The molecular formula is C24H27N5. The highest BCUT2D eigenvalue weighted by Gasteiger charge is 2.17. The lowest BCUT2D eigenvalue weighted by Crippen LogP contribution is -2.04. The van der Waals surface area contributed by atoms with Gasteiger partial charge in [0.25, 0.3) is 0 Å². The Hall–Kier alpha value is -2.95. The third-order valence-electron chi connectivity index (χ3n) is 6.09. The number of imidazole rings is 1. The van der Waals surface area contributed by atoms with Gasteiger partial charge in [0.1, 0.15) is 5.82 Å². The Morgan fingerprint density at radius 2 is 1.83 bits per heavy atom. The molecule has 0 saturated carbocycles. The SMILES string of the molecule is Cc1c(-c2nc3nccc(-c4ccc5c(c4)CCCCC5)c3[nH]2)cnn1C(C)C. The molecule has 1 N–H and O–H groups in total. The summed E-state index contributed by atoms with van der Waals surface area (Å²) in [6.45, 7) is 6.37. The average Bonchev–Trinajstić information content (AvgIpc) is 3.23. The van der Waals surface area contributed by atoms with E-state index in [1.54, 1.807) is 0 Å². The molecule has 0 bridgehead atoms. The van der Waals surface area contributed by atoms with Gasteiger partial charge in [-0.15, -0.1) is 0 Å². The Labute approximate surface area is 171 Å². The minimum absolute atomic E-state index is 0.321. The van der Waals surface area contributed by atoms with Crippen LogP contribution in [0, 0.1) is 6.92 Å². The van der Waals surface area contributed by atoms with Crippen molar-refractivity contribution in [1.29, 1.82) is 0 Å². The molecule has 1 aromatic carbocycles. The van der Waals surface area contributed by atoms with Crippen molar-refractivity contribution in [1.82, 2.24) is 24.7 Å². The molecule has 148 valence electrons. The van der Waals surface area contributed by atoms with Gasteiger partial charge in [0.15, 0.2) is 5.65 Å². The van der Waals surface area contributed by atoms with E-state index in [1.807, 2.05) is 17.1 Å². The van der Waals surface area contributed by atoms with Crippen LogP contribution in [0.5, 0.6) is 0 Å². The fraction of sp³-hybridized carbons (Fsp3) is 0.375. The van der Waals surface area contributed by atoms with Gasteiger partial charge in [-0.3, -0.25) is 4.68 Å². The van der Waals surface area contributed by atoms with Gasteiger partial charge in [0.2, 0.25) is 0 Å². The number of fused-ring (bicyclic) bond motifs is 2. The van der Waals surface area contributed by atoms with Crippen molar-refractivity contribution < 1.29 is 0 Å². The summed E-state index contributed by atoms with van der Waals surface area (Å²) < 4.78 is 2.03. The van der Waals surface area contributed by atoms with Gasteiger partial charge in [-0.2, -0.15) is 5.10 Å². The molecule has 0 atom stereocenters. The molecule has 1 aliphatic carbocycles. The lowest BCUT2D eigenvalue weighted by Gasteiger charge is -2.09. The quantitative estimate of drug-likeness (QED) is 0.464. The monoisotopic (exact) mass is 385 g/mol. The summed E-state index contributed by atoms with van der Waals surface area (Å²) in [5.41, 5.74) is 9.31. The Morgan fingerprint density at radius 3 is 2.62 bits per heavy atom. The van der Waals surface area contributed by atoms with E-state index in [-0.39, 0.29) is 0 Å². The van der Waals surface area contributed by atoms with E-state index in [9.17, 15) is 0 Å². The highest BCUT2D eigenvalue weighted by Crippen LogP contribution is 2.32. The van der Waals surface area contributed by atoms with Gasteiger partial charge in [-0.1, -0.05) is 24.6 Å². The Balaban J connectivity index is 1.61. The van der Waals surface area contributed by atoms with E-state index in [4.69, 9.17) is 4.98 Å². The molecule has 0 radical (unpaired) electrons. The summed E-state index contributed by atoms with van der Waals surface area (Å²) in [6, 6.07) is 9.35. The predicted molar refractivity (Wildman–Crippen MR) is 117 cm³/mol. The maximum atomic E-state index is 4.79. The molecule has 0 aliphatic heterocycles. The Bertz CT molecular complexity index is 1180. The molecule has 5 rings (SSSR count). The van der Waals surface area contributed by atoms with Gasteiger partial charge < -0.3 is 4.98 Å². The van der Waals surface area contributed by atoms with E-state index in [2.05, 4.69) is 60.1 Å². The molecule has 3 heterocycles. The number of H-pyrrole nitrogens is 1. The van der Waals surface area contributed by atoms with E-state index >= 15 is 0 Å². The van der Waals surface area contributed by atoms with Crippen LogP contribution < -0.4 is 0 Å². The molecule has 0 unspecified atom stereocenters. The molecule has 3 aromatic heterocycles. The number of rotatable bonds is 3. The maximum absolute atomic E-state index is 4.79. The number of aromatic nitrogens is 5. The fourth-order valence-electron chi connectivity index (χ4n) is 4.53. The molecule has 0 saturated heterocycles. The summed E-state index contributed by atoms with van der Waals surface area (Å²) in [4.78, 5) is 12.8. The van der Waals surface area contributed by atoms with Gasteiger partial charge in [-0.05, 0) is 69.2 Å². The van der Waals surface area contributed by atoms with E-state index < -0.39 is 0 Å². The smallest absolute Gasteiger partial charge is 0.178 e. The van der Waals surface area contributed by atoms with Crippen LogP contribution in [0.2, 0.25) is 0 Å². The molecule has 4 aromatic rings. The van der Waals surface area contributed by atoms with E-state index in [0.29, 0.717) is 6.04 Å². The Morgan fingerprint density at radius 1 is 1.00 bits per heavy atom. The number of benzene rings is 1. The molecule has 5 heteroatoms. The first kappa shape index (κ1) is 18.1. The third-order valence-corrected chi connectivity index (χ3v) is 6.09. The molecule has 0 amide bonds. The number of pyridine rings is 1. The summed E-state index contributed by atoms with van der Waals surface area (Å²) in [7, 11) is 0. The first-order valence-electron chi connectivity index (χ1n) is 10.6. The summed E-state index contributed by atoms with van der Waals surface area (Å²) in [5, 5.41) is 4.54. The number of hydrogen-bond donors (Lipinski definition) is 1. The maximum Gasteiger partial charge on any atom is 0.178 e. The molecule has 0 fully saturated rings. The molecule has 29 heavy (non-hydrogen) atoms. The van der Waals surface area contributed by atoms with Gasteiger partial charge >= 0.3 is 0 Å². The summed E-state index contributed by atoms with van der Waals surface area (Å²) in [5.74, 6) is 0.833. The second-order valence-electron chi connectivity index (χ2n) is 8.37. The average molecular weight is 386 g/mol. The first-order chi connectivity index (χ1) is 14.1. The lowest BCUT2D eigenvalue weighted by molar-refractivity contribution is 0.519. The topological polar surface area (TPSA) is 59.4 Å². The largest absolute Gasteiger partial charge is 0.336 e. The van der Waals surface area contributed by atoms with Crippen LogP contribution >= 0.6 is 0 Å². The van der Waals surface area contributed by atoms with Crippen LogP contribution in [-0.2, 0) is 12.8 Å². The first-order valence-corrected chi connectivity index (χ1v) is 10.6. The summed E-state index contributed by atoms with van der Waals surface area (Å²) in [6.07, 6.45) is 10.1. The third kappa shape index (κ3) is 3.15. The second-order valence-corrected chi connectivity index (χ2v) is 8.37. The van der Waals surface area contributed by atoms with Crippen molar-refractivity contribution in [2.24, 2.45) is 0 Å². The highest BCUT2D eigenvalue weighted by atomic mass is 15.3. The second kappa shape index (κ2) is 7.14. The minimum Gasteiger partial charge on any atom is -0.336 e.